The zero-order valence-electron chi connectivity index (χ0n) is 14.2. The zero-order valence-corrected chi connectivity index (χ0v) is 15.8. The number of aromatic nitrogens is 2. The van der Waals surface area contributed by atoms with Crippen molar-refractivity contribution in [2.75, 3.05) is 0 Å². The van der Waals surface area contributed by atoms with E-state index in [1.54, 1.807) is 0 Å². The van der Waals surface area contributed by atoms with Crippen LogP contribution in [0.2, 0.25) is 0 Å². The van der Waals surface area contributed by atoms with Crippen molar-refractivity contribution in [1.29, 1.82) is 0 Å². The molecule has 0 aliphatic carbocycles. The van der Waals surface area contributed by atoms with Gasteiger partial charge in [0.15, 0.2) is 0 Å². The third-order valence-electron chi connectivity index (χ3n) is 3.99. The van der Waals surface area contributed by atoms with Gasteiger partial charge in [0, 0.05) is 10.5 Å². The Morgan fingerprint density at radius 1 is 1.08 bits per heavy atom. The number of hydrogen-bond donors (Lipinski definition) is 1. The predicted octanol–water partition coefficient (Wildman–Crippen LogP) is 3.55. The molecule has 132 valence electrons. The lowest BCUT2D eigenvalue weighted by atomic mass is 10.1. The molecule has 1 atom stereocenters. The molecule has 0 saturated heterocycles. The minimum atomic E-state index is -0.324. The molecule has 3 aromatic rings. The van der Waals surface area contributed by atoms with E-state index in [1.165, 1.54) is 16.8 Å². The summed E-state index contributed by atoms with van der Waals surface area (Å²) in [4.78, 5) is 24.6. The minimum absolute atomic E-state index is 0.200. The third-order valence-corrected chi connectivity index (χ3v) is 4.72. The molecule has 0 spiro atoms. The van der Waals surface area contributed by atoms with Gasteiger partial charge in [-0.3, -0.25) is 9.59 Å². The number of nitrogens with zero attached hydrogens (tertiary/aromatic N) is 2. The molecule has 0 aliphatic rings. The smallest absolute Gasteiger partial charge is 0.272 e. The van der Waals surface area contributed by atoms with Crippen molar-refractivity contribution in [3.63, 3.8) is 0 Å². The van der Waals surface area contributed by atoms with Crippen molar-refractivity contribution in [3.8, 4) is 0 Å². The van der Waals surface area contributed by atoms with Crippen molar-refractivity contribution >= 4 is 21.8 Å². The average Bonchev–Trinajstić information content (AvgIpc) is 2.64. The number of hydrogen-bond acceptors (Lipinski definition) is 3. The quantitative estimate of drug-likeness (QED) is 0.697. The van der Waals surface area contributed by atoms with Gasteiger partial charge in [0.05, 0.1) is 12.6 Å². The lowest BCUT2D eigenvalue weighted by molar-refractivity contribution is 0.0932. The highest BCUT2D eigenvalue weighted by Gasteiger charge is 2.15. The van der Waals surface area contributed by atoms with Gasteiger partial charge in [0.25, 0.3) is 11.5 Å². The SMILES string of the molecule is CC(NC(=O)c1ccc(=O)n(Cc2ccccc2)n1)c1ccccc1Br. The predicted molar refractivity (Wildman–Crippen MR) is 104 cm³/mol. The number of rotatable bonds is 5. The molecule has 1 heterocycles. The van der Waals surface area contributed by atoms with Crippen molar-refractivity contribution in [2.45, 2.75) is 19.5 Å². The highest BCUT2D eigenvalue weighted by Crippen LogP contribution is 2.22. The van der Waals surface area contributed by atoms with Gasteiger partial charge in [-0.25, -0.2) is 4.68 Å². The van der Waals surface area contributed by atoms with E-state index >= 15 is 0 Å². The standard InChI is InChI=1S/C20H18BrN3O2/c1-14(16-9-5-6-10-17(16)21)22-20(26)18-11-12-19(25)24(23-18)13-15-7-3-2-4-8-15/h2-12,14H,13H2,1H3,(H,22,26). The van der Waals surface area contributed by atoms with Crippen LogP contribution in [-0.4, -0.2) is 15.7 Å². The van der Waals surface area contributed by atoms with Crippen molar-refractivity contribution in [1.82, 2.24) is 15.1 Å². The Labute approximate surface area is 159 Å². The van der Waals surface area contributed by atoms with E-state index < -0.39 is 0 Å². The van der Waals surface area contributed by atoms with Crippen LogP contribution in [0.5, 0.6) is 0 Å². The summed E-state index contributed by atoms with van der Waals surface area (Å²) in [6, 6.07) is 19.9. The summed E-state index contributed by atoms with van der Waals surface area (Å²) < 4.78 is 2.22. The summed E-state index contributed by atoms with van der Waals surface area (Å²) >= 11 is 3.49. The topological polar surface area (TPSA) is 64.0 Å². The van der Waals surface area contributed by atoms with Gasteiger partial charge in [-0.1, -0.05) is 64.5 Å². The van der Waals surface area contributed by atoms with Crippen LogP contribution in [0, 0.1) is 0 Å². The van der Waals surface area contributed by atoms with E-state index in [9.17, 15) is 9.59 Å². The Morgan fingerprint density at radius 2 is 1.77 bits per heavy atom. The fourth-order valence-corrected chi connectivity index (χ4v) is 3.24. The first-order valence-corrected chi connectivity index (χ1v) is 9.01. The molecular formula is C20H18BrN3O2. The van der Waals surface area contributed by atoms with Crippen LogP contribution in [0.3, 0.4) is 0 Å². The highest BCUT2D eigenvalue weighted by molar-refractivity contribution is 9.10. The fourth-order valence-electron chi connectivity index (χ4n) is 2.61. The van der Waals surface area contributed by atoms with Crippen LogP contribution in [0.25, 0.3) is 0 Å². The van der Waals surface area contributed by atoms with E-state index in [0.29, 0.717) is 6.54 Å². The van der Waals surface area contributed by atoms with E-state index in [0.717, 1.165) is 15.6 Å². The molecule has 26 heavy (non-hydrogen) atoms. The third kappa shape index (κ3) is 4.26. The normalized spacial score (nSPS) is 11.8. The highest BCUT2D eigenvalue weighted by atomic mass is 79.9. The molecule has 5 nitrogen and oxygen atoms in total. The van der Waals surface area contributed by atoms with Crippen molar-refractivity contribution in [3.05, 3.63) is 98.4 Å². The zero-order chi connectivity index (χ0) is 18.5. The second-order valence-corrected chi connectivity index (χ2v) is 6.77. The number of benzene rings is 2. The summed E-state index contributed by atoms with van der Waals surface area (Å²) in [5.41, 5.74) is 1.88. The number of carbonyl (C=O) groups is 1. The molecule has 0 bridgehead atoms. The first-order valence-electron chi connectivity index (χ1n) is 8.22. The molecule has 2 aromatic carbocycles. The summed E-state index contributed by atoms with van der Waals surface area (Å²) in [6.45, 7) is 2.22. The van der Waals surface area contributed by atoms with E-state index in [2.05, 4.69) is 26.3 Å². The summed E-state index contributed by atoms with van der Waals surface area (Å²) in [5, 5.41) is 7.13. The fraction of sp³-hybridized carbons (Fsp3) is 0.150. The second kappa shape index (κ2) is 8.10. The van der Waals surface area contributed by atoms with Crippen LogP contribution in [-0.2, 0) is 6.54 Å². The van der Waals surface area contributed by atoms with Crippen LogP contribution in [0.4, 0.5) is 0 Å². The Hall–Kier alpha value is -2.73. The minimum Gasteiger partial charge on any atom is -0.344 e. The molecular weight excluding hydrogens is 394 g/mol. The number of halogens is 1. The molecule has 0 saturated carbocycles. The molecule has 1 amide bonds. The first-order chi connectivity index (χ1) is 12.5. The second-order valence-electron chi connectivity index (χ2n) is 5.92. The van der Waals surface area contributed by atoms with Crippen LogP contribution >= 0.6 is 15.9 Å². The number of nitrogens with one attached hydrogen (secondary N) is 1. The molecule has 0 radical (unpaired) electrons. The maximum Gasteiger partial charge on any atom is 0.272 e. The molecule has 0 fully saturated rings. The van der Waals surface area contributed by atoms with Crippen LogP contribution in [0.1, 0.15) is 34.6 Å². The lowest BCUT2D eigenvalue weighted by Crippen LogP contribution is -2.31. The van der Waals surface area contributed by atoms with E-state index in [4.69, 9.17) is 0 Å². The molecule has 0 aliphatic heterocycles. The monoisotopic (exact) mass is 411 g/mol. The summed E-state index contributed by atoms with van der Waals surface area (Å²) in [6.07, 6.45) is 0. The van der Waals surface area contributed by atoms with E-state index in [-0.39, 0.29) is 23.2 Å². The van der Waals surface area contributed by atoms with Crippen LogP contribution < -0.4 is 10.9 Å². The van der Waals surface area contributed by atoms with Crippen molar-refractivity contribution < 1.29 is 4.79 Å². The molecule has 3 rings (SSSR count). The lowest BCUT2D eigenvalue weighted by Gasteiger charge is -2.16. The van der Waals surface area contributed by atoms with Crippen LogP contribution in [0.15, 0.2) is 76.0 Å². The molecule has 6 heteroatoms. The van der Waals surface area contributed by atoms with E-state index in [1.807, 2.05) is 61.5 Å². The maximum absolute atomic E-state index is 12.6. The Morgan fingerprint density at radius 3 is 2.50 bits per heavy atom. The van der Waals surface area contributed by atoms with Gasteiger partial charge in [-0.15, -0.1) is 0 Å². The van der Waals surface area contributed by atoms with Crippen molar-refractivity contribution in [2.24, 2.45) is 0 Å². The Balaban J connectivity index is 1.78. The van der Waals surface area contributed by atoms with Gasteiger partial charge >= 0.3 is 0 Å². The first kappa shape index (κ1) is 18.1. The number of amides is 1. The Kier molecular flexibility index (Phi) is 5.63. The van der Waals surface area contributed by atoms with Gasteiger partial charge in [-0.2, -0.15) is 5.10 Å². The summed E-state index contributed by atoms with van der Waals surface area (Å²) in [5.74, 6) is -0.324. The summed E-state index contributed by atoms with van der Waals surface area (Å²) in [7, 11) is 0. The largest absolute Gasteiger partial charge is 0.344 e. The van der Waals surface area contributed by atoms with Gasteiger partial charge in [0.2, 0.25) is 0 Å². The Bertz CT molecular complexity index is 970. The number of carbonyl (C=O) groups excluding carboxylic acids is 1. The average molecular weight is 412 g/mol. The maximum atomic E-state index is 12.6. The van der Waals surface area contributed by atoms with Gasteiger partial charge in [0.1, 0.15) is 5.69 Å². The van der Waals surface area contributed by atoms with Gasteiger partial charge < -0.3 is 5.32 Å². The molecule has 1 aromatic heterocycles. The van der Waals surface area contributed by atoms with Gasteiger partial charge in [-0.05, 0) is 30.2 Å². The molecule has 1 unspecified atom stereocenters. The molecule has 1 N–H and O–H groups in total.